The van der Waals surface area contributed by atoms with Gasteiger partial charge in [0.05, 0.1) is 6.26 Å². The van der Waals surface area contributed by atoms with Crippen molar-refractivity contribution in [1.82, 2.24) is 5.32 Å². The van der Waals surface area contributed by atoms with E-state index in [0.29, 0.717) is 6.54 Å². The lowest BCUT2D eigenvalue weighted by atomic mass is 10.1. The topological polar surface area (TPSA) is 30.5 Å². The van der Waals surface area contributed by atoms with Crippen LogP contribution in [0.5, 0.6) is 5.75 Å². The minimum Gasteiger partial charge on any atom is -0.497 e. The number of hydrogen-bond donors (Lipinski definition) is 1. The van der Waals surface area contributed by atoms with Crippen LogP contribution in [0.2, 0.25) is 0 Å². The predicted molar refractivity (Wildman–Crippen MR) is 72.7 cm³/mol. The Balaban J connectivity index is 1.94. The van der Waals surface area contributed by atoms with Crippen molar-refractivity contribution in [1.29, 1.82) is 0 Å². The van der Waals surface area contributed by atoms with Crippen LogP contribution in [-0.4, -0.2) is 19.3 Å². The van der Waals surface area contributed by atoms with Gasteiger partial charge < -0.3 is 14.8 Å². The number of halogens is 2. The van der Waals surface area contributed by atoms with E-state index in [9.17, 15) is 8.78 Å². The first-order valence-electron chi connectivity index (χ1n) is 6.74. The zero-order valence-electron chi connectivity index (χ0n) is 11.4. The third-order valence-electron chi connectivity index (χ3n) is 3.28. The fourth-order valence-corrected chi connectivity index (χ4v) is 2.19. The first kappa shape index (κ1) is 14.8. The quantitative estimate of drug-likeness (QED) is 0.864. The highest BCUT2D eigenvalue weighted by Crippen LogP contribution is 2.26. The van der Waals surface area contributed by atoms with E-state index in [1.54, 1.807) is 24.5 Å². The maximum Gasteiger partial charge on any atom is 0.387 e. The van der Waals surface area contributed by atoms with E-state index in [0.717, 1.165) is 18.4 Å². The van der Waals surface area contributed by atoms with Crippen LogP contribution in [0.3, 0.4) is 0 Å². The summed E-state index contributed by atoms with van der Waals surface area (Å²) in [5, 5.41) is 3.30. The van der Waals surface area contributed by atoms with Gasteiger partial charge >= 0.3 is 6.61 Å². The molecular weight excluding hydrogens is 264 g/mol. The monoisotopic (exact) mass is 283 g/mol. The molecule has 3 nitrogen and oxygen atoms in total. The highest BCUT2D eigenvalue weighted by atomic mass is 19.3. The lowest BCUT2D eigenvalue weighted by Crippen LogP contribution is -2.31. The molecule has 1 aliphatic rings. The van der Waals surface area contributed by atoms with Crippen LogP contribution < -0.4 is 10.1 Å². The van der Waals surface area contributed by atoms with Crippen molar-refractivity contribution in [2.75, 3.05) is 6.54 Å². The van der Waals surface area contributed by atoms with E-state index in [2.05, 4.69) is 10.1 Å². The van der Waals surface area contributed by atoms with Crippen molar-refractivity contribution in [3.63, 3.8) is 0 Å². The highest BCUT2D eigenvalue weighted by molar-refractivity contribution is 5.35. The van der Waals surface area contributed by atoms with E-state index in [4.69, 9.17) is 4.74 Å². The summed E-state index contributed by atoms with van der Waals surface area (Å²) in [7, 11) is 0. The van der Waals surface area contributed by atoms with Crippen LogP contribution in [0.25, 0.3) is 0 Å². The van der Waals surface area contributed by atoms with Gasteiger partial charge in [0.1, 0.15) is 11.9 Å². The Hall–Kier alpha value is -1.62. The van der Waals surface area contributed by atoms with Crippen molar-refractivity contribution in [3.8, 4) is 5.75 Å². The molecule has 1 aromatic rings. The van der Waals surface area contributed by atoms with Crippen molar-refractivity contribution >= 4 is 0 Å². The number of alkyl halides is 2. The minimum absolute atomic E-state index is 0.0838. The van der Waals surface area contributed by atoms with Gasteiger partial charge in [-0.2, -0.15) is 8.78 Å². The summed E-state index contributed by atoms with van der Waals surface area (Å²) in [6.07, 6.45) is 5.81. The summed E-state index contributed by atoms with van der Waals surface area (Å²) < 4.78 is 34.7. The normalized spacial score (nSPS) is 19.7. The third kappa shape index (κ3) is 4.20. The van der Waals surface area contributed by atoms with E-state index in [1.165, 1.54) is 0 Å². The fourth-order valence-electron chi connectivity index (χ4n) is 2.19. The average Bonchev–Trinajstić information content (AvgIpc) is 2.46. The van der Waals surface area contributed by atoms with Crippen LogP contribution in [0, 0.1) is 0 Å². The second-order valence-electron chi connectivity index (χ2n) is 4.75. The van der Waals surface area contributed by atoms with Gasteiger partial charge in [-0.15, -0.1) is 0 Å². The van der Waals surface area contributed by atoms with Gasteiger partial charge in [-0.3, -0.25) is 0 Å². The summed E-state index contributed by atoms with van der Waals surface area (Å²) in [6.45, 7) is -0.212. The largest absolute Gasteiger partial charge is 0.497 e. The minimum atomic E-state index is -2.81. The molecule has 20 heavy (non-hydrogen) atoms. The van der Waals surface area contributed by atoms with Crippen molar-refractivity contribution in [2.45, 2.75) is 38.5 Å². The van der Waals surface area contributed by atoms with Crippen LogP contribution in [0.1, 0.15) is 31.4 Å². The van der Waals surface area contributed by atoms with Crippen molar-refractivity contribution in [3.05, 3.63) is 42.2 Å². The second kappa shape index (κ2) is 7.24. The molecule has 2 rings (SSSR count). The summed E-state index contributed by atoms with van der Waals surface area (Å²) in [5.41, 5.74) is 0.721. The van der Waals surface area contributed by atoms with Crippen LogP contribution in [0.15, 0.2) is 36.6 Å². The van der Waals surface area contributed by atoms with E-state index in [-0.39, 0.29) is 17.9 Å². The summed E-state index contributed by atoms with van der Waals surface area (Å²) in [6, 6.07) is 6.75. The number of hydrogen-bond acceptors (Lipinski definition) is 3. The zero-order chi connectivity index (χ0) is 14.4. The Bertz CT molecular complexity index is 451. The molecule has 2 unspecified atom stereocenters. The van der Waals surface area contributed by atoms with Crippen LogP contribution in [0.4, 0.5) is 8.78 Å². The van der Waals surface area contributed by atoms with Gasteiger partial charge in [-0.1, -0.05) is 18.2 Å². The number of allylic oxidation sites excluding steroid dienone is 1. The molecular formula is C15H19F2NO2. The Kier molecular flexibility index (Phi) is 5.35. The molecule has 5 heteroatoms. The maximum absolute atomic E-state index is 12.4. The highest BCUT2D eigenvalue weighted by Gasteiger charge is 2.16. The third-order valence-corrected chi connectivity index (χ3v) is 3.28. The Morgan fingerprint density at radius 1 is 1.40 bits per heavy atom. The lowest BCUT2D eigenvalue weighted by molar-refractivity contribution is -0.0507. The van der Waals surface area contributed by atoms with E-state index >= 15 is 0 Å². The van der Waals surface area contributed by atoms with Crippen molar-refractivity contribution in [2.24, 2.45) is 0 Å². The molecule has 0 amide bonds. The summed E-state index contributed by atoms with van der Waals surface area (Å²) in [5.74, 6) is 0.215. The fraction of sp³-hybridized carbons (Fsp3) is 0.467. The average molecular weight is 283 g/mol. The molecule has 0 saturated heterocycles. The molecule has 1 aromatic carbocycles. The van der Waals surface area contributed by atoms with Crippen LogP contribution >= 0.6 is 0 Å². The zero-order valence-corrected chi connectivity index (χ0v) is 11.4. The Labute approximate surface area is 117 Å². The molecule has 0 aliphatic carbocycles. The second-order valence-corrected chi connectivity index (χ2v) is 4.75. The van der Waals surface area contributed by atoms with E-state index < -0.39 is 6.61 Å². The van der Waals surface area contributed by atoms with Gasteiger partial charge in [0.15, 0.2) is 0 Å². The van der Waals surface area contributed by atoms with Gasteiger partial charge in [-0.05, 0) is 31.9 Å². The molecule has 0 aromatic heterocycles. The number of nitrogens with one attached hydrogen (secondary N) is 1. The number of ether oxygens (including phenoxy) is 2. The SMILES string of the molecule is CC(NCC1CCC=CO1)c1ccccc1OC(F)F. The molecule has 0 spiro atoms. The van der Waals surface area contributed by atoms with Gasteiger partial charge in [-0.25, -0.2) is 0 Å². The molecule has 0 fully saturated rings. The number of rotatable bonds is 6. The molecule has 1 aliphatic heterocycles. The summed E-state index contributed by atoms with van der Waals surface area (Å²) in [4.78, 5) is 0. The molecule has 2 atom stereocenters. The van der Waals surface area contributed by atoms with E-state index in [1.807, 2.05) is 19.1 Å². The summed E-state index contributed by atoms with van der Waals surface area (Å²) >= 11 is 0. The standard InChI is InChI=1S/C15H19F2NO2/c1-11(18-10-12-6-4-5-9-19-12)13-7-2-3-8-14(13)20-15(16)17/h2-3,5,7-9,11-12,15,18H,4,6,10H2,1H3. The number of benzene rings is 1. The predicted octanol–water partition coefficient (Wildman–Crippen LogP) is 3.63. The molecule has 1 N–H and O–H groups in total. The maximum atomic E-state index is 12.4. The molecule has 0 bridgehead atoms. The van der Waals surface area contributed by atoms with Crippen molar-refractivity contribution < 1.29 is 18.3 Å². The Morgan fingerprint density at radius 2 is 2.20 bits per heavy atom. The lowest BCUT2D eigenvalue weighted by Gasteiger charge is -2.23. The smallest absolute Gasteiger partial charge is 0.387 e. The molecule has 0 saturated carbocycles. The Morgan fingerprint density at radius 3 is 2.90 bits per heavy atom. The van der Waals surface area contributed by atoms with Gasteiger partial charge in [0, 0.05) is 18.2 Å². The molecule has 0 radical (unpaired) electrons. The van der Waals surface area contributed by atoms with Gasteiger partial charge in [0.25, 0.3) is 0 Å². The molecule has 110 valence electrons. The number of para-hydroxylation sites is 1. The van der Waals surface area contributed by atoms with Gasteiger partial charge in [0.2, 0.25) is 0 Å². The first-order valence-corrected chi connectivity index (χ1v) is 6.74. The van der Waals surface area contributed by atoms with Crippen LogP contribution in [-0.2, 0) is 4.74 Å². The molecule has 1 heterocycles. The first-order chi connectivity index (χ1) is 9.66.